The van der Waals surface area contributed by atoms with Crippen LogP contribution in [0.3, 0.4) is 0 Å². The quantitative estimate of drug-likeness (QED) is 0.426. The number of aromatic nitrogens is 5. The number of H-pyrrole nitrogens is 1. The molecule has 1 aromatic carbocycles. The fraction of sp³-hybridized carbons (Fsp3) is 0.0667. The van der Waals surface area contributed by atoms with E-state index in [0.717, 1.165) is 5.69 Å². The lowest BCUT2D eigenvalue weighted by atomic mass is 10.2. The Morgan fingerprint density at radius 2 is 2.12 bits per heavy atom. The molecule has 0 amide bonds. The van der Waals surface area contributed by atoms with Gasteiger partial charge in [-0.25, -0.2) is 14.5 Å². The second-order valence-corrected chi connectivity index (χ2v) is 5.27. The van der Waals surface area contributed by atoms with Crippen LogP contribution in [-0.4, -0.2) is 29.5 Å². The molecule has 0 unspecified atom stereocenters. The van der Waals surface area contributed by atoms with E-state index in [1.807, 2.05) is 0 Å². The smallest absolute Gasteiger partial charge is 0.293 e. The van der Waals surface area contributed by atoms with Crippen molar-refractivity contribution < 1.29 is 4.92 Å². The maximum Gasteiger partial charge on any atom is 0.293 e. The summed E-state index contributed by atoms with van der Waals surface area (Å²) in [6.07, 6.45) is 4.53. The van der Waals surface area contributed by atoms with Gasteiger partial charge >= 0.3 is 0 Å². The zero-order valence-electron chi connectivity index (χ0n) is 12.7. The molecule has 4 aromatic rings. The van der Waals surface area contributed by atoms with Gasteiger partial charge in [0, 0.05) is 18.3 Å². The summed E-state index contributed by atoms with van der Waals surface area (Å²) in [6, 6.07) is 6.24. The molecule has 3 heterocycles. The zero-order chi connectivity index (χ0) is 17.4. The number of aromatic amines is 1. The summed E-state index contributed by atoms with van der Waals surface area (Å²) in [4.78, 5) is 33.3. The molecule has 25 heavy (non-hydrogen) atoms. The first kappa shape index (κ1) is 14.8. The van der Waals surface area contributed by atoms with E-state index in [-0.39, 0.29) is 23.3 Å². The number of nitrogens with zero attached hydrogens (tertiary/aromatic N) is 5. The van der Waals surface area contributed by atoms with Crippen LogP contribution in [-0.2, 0) is 6.54 Å². The highest BCUT2D eigenvalue weighted by atomic mass is 16.6. The highest BCUT2D eigenvalue weighted by Gasteiger charge is 2.17. The molecule has 124 valence electrons. The van der Waals surface area contributed by atoms with E-state index in [0.29, 0.717) is 11.2 Å². The number of fused-ring (bicyclic) bond motifs is 2. The summed E-state index contributed by atoms with van der Waals surface area (Å²) >= 11 is 0. The third kappa shape index (κ3) is 2.55. The van der Waals surface area contributed by atoms with Crippen LogP contribution < -0.4 is 10.9 Å². The Balaban J connectivity index is 1.75. The van der Waals surface area contributed by atoms with E-state index in [4.69, 9.17) is 0 Å². The van der Waals surface area contributed by atoms with Gasteiger partial charge in [0.2, 0.25) is 0 Å². The van der Waals surface area contributed by atoms with Crippen molar-refractivity contribution in [1.82, 2.24) is 24.6 Å². The summed E-state index contributed by atoms with van der Waals surface area (Å²) in [5.74, 6) is 0. The Morgan fingerprint density at radius 3 is 2.96 bits per heavy atom. The lowest BCUT2D eigenvalue weighted by Gasteiger charge is -2.09. The number of anilines is 1. The van der Waals surface area contributed by atoms with E-state index in [1.54, 1.807) is 29.0 Å². The number of benzene rings is 1. The topological polar surface area (TPSA) is 131 Å². The lowest BCUT2D eigenvalue weighted by molar-refractivity contribution is -0.383. The van der Waals surface area contributed by atoms with Crippen LogP contribution in [0.4, 0.5) is 11.4 Å². The van der Waals surface area contributed by atoms with Crippen molar-refractivity contribution in [3.63, 3.8) is 0 Å². The summed E-state index contributed by atoms with van der Waals surface area (Å²) in [5.41, 5.74) is 1.48. The minimum Gasteiger partial charge on any atom is -0.374 e. The van der Waals surface area contributed by atoms with Crippen LogP contribution in [0.5, 0.6) is 0 Å². The van der Waals surface area contributed by atoms with Crippen LogP contribution in [0.1, 0.15) is 5.69 Å². The zero-order valence-corrected chi connectivity index (χ0v) is 12.7. The molecule has 0 fully saturated rings. The van der Waals surface area contributed by atoms with Gasteiger partial charge in [0.1, 0.15) is 5.69 Å². The van der Waals surface area contributed by atoms with E-state index in [2.05, 4.69) is 25.4 Å². The largest absolute Gasteiger partial charge is 0.374 e. The molecule has 0 spiro atoms. The van der Waals surface area contributed by atoms with Crippen LogP contribution in [0.2, 0.25) is 0 Å². The molecular formula is C15H11N7O3. The van der Waals surface area contributed by atoms with Gasteiger partial charge in [-0.05, 0) is 12.1 Å². The first-order chi connectivity index (χ1) is 12.1. The predicted octanol–water partition coefficient (Wildman–Crippen LogP) is 1.49. The fourth-order valence-corrected chi connectivity index (χ4v) is 2.60. The molecule has 3 aromatic heterocycles. The SMILES string of the molecule is O=c1[nH]cnc2cc(NCc3ccnc4ccnn34)c([N+](=O)[O-])cc12. The summed E-state index contributed by atoms with van der Waals surface area (Å²) in [5, 5.41) is 18.7. The van der Waals surface area contributed by atoms with E-state index in [9.17, 15) is 14.9 Å². The molecule has 0 aliphatic carbocycles. The number of hydrogen-bond acceptors (Lipinski definition) is 7. The van der Waals surface area contributed by atoms with E-state index in [1.165, 1.54) is 18.5 Å². The van der Waals surface area contributed by atoms with Gasteiger partial charge in [-0.1, -0.05) is 0 Å². The van der Waals surface area contributed by atoms with Gasteiger partial charge in [0.15, 0.2) is 5.65 Å². The van der Waals surface area contributed by atoms with Crippen molar-refractivity contribution >= 4 is 27.9 Å². The summed E-state index contributed by atoms with van der Waals surface area (Å²) in [6.45, 7) is 0.288. The second kappa shape index (κ2) is 5.67. The molecule has 0 bridgehead atoms. The van der Waals surface area contributed by atoms with Crippen molar-refractivity contribution in [2.45, 2.75) is 6.54 Å². The molecule has 0 aliphatic heterocycles. The number of hydrogen-bond donors (Lipinski definition) is 2. The van der Waals surface area contributed by atoms with E-state index >= 15 is 0 Å². The van der Waals surface area contributed by atoms with Crippen molar-refractivity contribution in [2.75, 3.05) is 5.32 Å². The van der Waals surface area contributed by atoms with Gasteiger partial charge < -0.3 is 10.3 Å². The van der Waals surface area contributed by atoms with Gasteiger partial charge in [-0.3, -0.25) is 14.9 Å². The van der Waals surface area contributed by atoms with Gasteiger partial charge in [-0.2, -0.15) is 5.10 Å². The molecule has 0 aliphatic rings. The molecular weight excluding hydrogens is 326 g/mol. The molecule has 4 rings (SSSR count). The average Bonchev–Trinajstić information content (AvgIpc) is 3.08. The molecule has 0 saturated heterocycles. The first-order valence-electron chi connectivity index (χ1n) is 7.31. The molecule has 0 radical (unpaired) electrons. The highest BCUT2D eigenvalue weighted by molar-refractivity contribution is 5.86. The Labute approximate surface area is 139 Å². The molecule has 0 atom stereocenters. The number of rotatable bonds is 4. The van der Waals surface area contributed by atoms with Crippen molar-refractivity contribution in [3.05, 3.63) is 69.1 Å². The summed E-state index contributed by atoms with van der Waals surface area (Å²) in [7, 11) is 0. The van der Waals surface area contributed by atoms with Gasteiger partial charge in [-0.15, -0.1) is 0 Å². The maximum absolute atomic E-state index is 11.8. The molecule has 10 nitrogen and oxygen atoms in total. The number of nitro benzene ring substituents is 1. The van der Waals surface area contributed by atoms with E-state index < -0.39 is 10.5 Å². The van der Waals surface area contributed by atoms with Crippen LogP contribution in [0, 0.1) is 10.1 Å². The fourth-order valence-electron chi connectivity index (χ4n) is 2.60. The minimum atomic E-state index is -0.537. The van der Waals surface area contributed by atoms with Gasteiger partial charge in [0.25, 0.3) is 11.2 Å². The minimum absolute atomic E-state index is 0.165. The normalized spacial score (nSPS) is 11.0. The molecule has 0 saturated carbocycles. The predicted molar refractivity (Wildman–Crippen MR) is 89.3 cm³/mol. The maximum atomic E-state index is 11.8. The third-order valence-electron chi connectivity index (χ3n) is 3.78. The Kier molecular flexibility index (Phi) is 3.35. The number of nitrogens with one attached hydrogen (secondary N) is 2. The second-order valence-electron chi connectivity index (χ2n) is 5.27. The van der Waals surface area contributed by atoms with Crippen LogP contribution in [0.25, 0.3) is 16.6 Å². The Morgan fingerprint density at radius 1 is 1.24 bits per heavy atom. The van der Waals surface area contributed by atoms with Gasteiger partial charge in [0.05, 0.1) is 40.6 Å². The van der Waals surface area contributed by atoms with Crippen LogP contribution >= 0.6 is 0 Å². The molecule has 10 heteroatoms. The van der Waals surface area contributed by atoms with Crippen LogP contribution in [0.15, 0.2) is 47.8 Å². The molecule has 2 N–H and O–H groups in total. The third-order valence-corrected chi connectivity index (χ3v) is 3.78. The first-order valence-corrected chi connectivity index (χ1v) is 7.31. The summed E-state index contributed by atoms with van der Waals surface area (Å²) < 4.78 is 1.64. The Hall–Kier alpha value is -3.82. The standard InChI is InChI=1S/C15H11N7O3/c23-15-10-5-13(22(24)25)12(6-11(10)18-8-19-15)17-7-9-1-3-16-14-2-4-20-21(9)14/h1-6,8,17H,7H2,(H,18,19,23). The lowest BCUT2D eigenvalue weighted by Crippen LogP contribution is -2.10. The van der Waals surface area contributed by atoms with Crippen molar-refractivity contribution in [3.8, 4) is 0 Å². The Bertz CT molecular complexity index is 1160. The monoisotopic (exact) mass is 337 g/mol. The van der Waals surface area contributed by atoms with Crippen molar-refractivity contribution in [1.29, 1.82) is 0 Å². The number of nitro groups is 1. The van der Waals surface area contributed by atoms with Crippen molar-refractivity contribution in [2.24, 2.45) is 0 Å². The highest BCUT2D eigenvalue weighted by Crippen LogP contribution is 2.28. The average molecular weight is 337 g/mol.